The molecule has 0 unspecified atom stereocenters. The Kier molecular flexibility index (Phi) is 15.4. The lowest BCUT2D eigenvalue weighted by atomic mass is 9.82. The molecule has 1 N–H and O–H groups in total. The number of rotatable bonds is 23. The van der Waals surface area contributed by atoms with Crippen molar-refractivity contribution in [1.29, 1.82) is 0 Å². The van der Waals surface area contributed by atoms with Crippen molar-refractivity contribution in [3.05, 3.63) is 82.9 Å². The maximum absolute atomic E-state index is 10.9. The highest BCUT2D eigenvalue weighted by atomic mass is 16.8. The quantitative estimate of drug-likeness (QED) is 0.0978. The number of aryl methyl sites for hydroxylation is 2. The van der Waals surface area contributed by atoms with Crippen LogP contribution in [0.1, 0.15) is 100.0 Å². The third kappa shape index (κ3) is 9.54. The lowest BCUT2D eigenvalue weighted by molar-refractivity contribution is -0.349. The van der Waals surface area contributed by atoms with Gasteiger partial charge in [-0.2, -0.15) is 0 Å². The van der Waals surface area contributed by atoms with Crippen LogP contribution in [-0.2, 0) is 47.0 Å². The number of unbranched alkanes of at least 4 members (excludes halogenated alkanes) is 4. The molecule has 2 bridgehead atoms. The lowest BCUT2D eigenvalue weighted by Gasteiger charge is -2.50. The molecule has 0 radical (unpaired) electrons. The van der Waals surface area contributed by atoms with E-state index in [9.17, 15) is 5.11 Å². The van der Waals surface area contributed by atoms with Crippen molar-refractivity contribution in [2.45, 2.75) is 122 Å². The van der Waals surface area contributed by atoms with Crippen LogP contribution in [0.25, 0.3) is 0 Å². The van der Waals surface area contributed by atoms with Crippen LogP contribution in [0.15, 0.2) is 55.1 Å². The zero-order valence-corrected chi connectivity index (χ0v) is 29.5. The van der Waals surface area contributed by atoms with Gasteiger partial charge in [-0.3, -0.25) is 0 Å². The second-order valence-corrected chi connectivity index (χ2v) is 13.2. The van der Waals surface area contributed by atoms with Gasteiger partial charge in [0.1, 0.15) is 23.9 Å². The summed E-state index contributed by atoms with van der Waals surface area (Å²) in [5.74, 6) is -1.22. The van der Waals surface area contributed by atoms with Crippen molar-refractivity contribution in [1.82, 2.24) is 0 Å². The summed E-state index contributed by atoms with van der Waals surface area (Å²) in [4.78, 5) is 0. The molecule has 2 heterocycles. The Morgan fingerprint density at radius 1 is 0.830 bits per heavy atom. The first kappa shape index (κ1) is 37.7. The summed E-state index contributed by atoms with van der Waals surface area (Å²) < 4.78 is 39.0. The van der Waals surface area contributed by atoms with E-state index in [1.54, 1.807) is 6.08 Å². The van der Waals surface area contributed by atoms with Crippen LogP contribution in [0.4, 0.5) is 0 Å². The molecule has 262 valence electrons. The van der Waals surface area contributed by atoms with E-state index in [-0.39, 0.29) is 13.2 Å². The van der Waals surface area contributed by atoms with Crippen LogP contribution in [0.3, 0.4) is 0 Å². The molecule has 0 amide bonds. The molecular formula is C40H60O7. The summed E-state index contributed by atoms with van der Waals surface area (Å²) in [5, 5.41) is 10.9. The van der Waals surface area contributed by atoms with Gasteiger partial charge >= 0.3 is 0 Å². The molecule has 7 heteroatoms. The highest BCUT2D eigenvalue weighted by Crippen LogP contribution is 2.52. The van der Waals surface area contributed by atoms with Crippen molar-refractivity contribution in [3.8, 4) is 0 Å². The molecule has 2 saturated heterocycles. The van der Waals surface area contributed by atoms with Gasteiger partial charge < -0.3 is 33.5 Å². The molecule has 2 aliphatic heterocycles. The van der Waals surface area contributed by atoms with Crippen LogP contribution in [0, 0.1) is 6.92 Å². The molecule has 0 saturated carbocycles. The van der Waals surface area contributed by atoms with E-state index >= 15 is 0 Å². The fourth-order valence-corrected chi connectivity index (χ4v) is 6.54. The Bertz CT molecular complexity index is 1200. The molecule has 0 aromatic heterocycles. The number of ether oxygens (including phenoxy) is 6. The molecule has 7 nitrogen and oxygen atoms in total. The van der Waals surface area contributed by atoms with Crippen molar-refractivity contribution in [3.63, 3.8) is 0 Å². The van der Waals surface area contributed by atoms with Crippen LogP contribution >= 0.6 is 0 Å². The predicted octanol–water partition coefficient (Wildman–Crippen LogP) is 7.61. The Balaban J connectivity index is 1.60. The minimum Gasteiger partial charge on any atom is -0.393 e. The largest absolute Gasteiger partial charge is 0.393 e. The molecule has 4 rings (SSSR count). The minimum absolute atomic E-state index is 0.201. The highest BCUT2D eigenvalue weighted by Gasteiger charge is 2.69. The summed E-state index contributed by atoms with van der Waals surface area (Å²) >= 11 is 0. The average Bonchev–Trinajstić information content (AvgIpc) is 3.45. The summed E-state index contributed by atoms with van der Waals surface area (Å²) in [7, 11) is 0. The van der Waals surface area contributed by atoms with E-state index < -0.39 is 29.7 Å². The zero-order valence-electron chi connectivity index (χ0n) is 29.5. The van der Waals surface area contributed by atoms with Gasteiger partial charge in [0.25, 0.3) is 0 Å². The standard InChI is InChI=1S/C40H60O7/c1-6-10-24-43-36-37(44-25-11-7-2)39(29-41)30-46-40(47-39,38(36)45-26-12-8-3)35-21-16-31(5)34(28-35)27-33-19-17-32(18-20-33)15-13-14-23-42-22-9-4/h9,16-21,28,36-38,41H,4,6-8,10-15,22-27,29-30H2,1-3,5H3/t36-,37-,38+,39-,40-/m0/s1. The summed E-state index contributed by atoms with van der Waals surface area (Å²) in [5.41, 5.74) is 4.85. The van der Waals surface area contributed by atoms with E-state index in [1.165, 1.54) is 22.3 Å². The van der Waals surface area contributed by atoms with Crippen LogP contribution < -0.4 is 0 Å². The first-order valence-corrected chi connectivity index (χ1v) is 18.1. The number of hydrogen-bond acceptors (Lipinski definition) is 7. The van der Waals surface area contributed by atoms with Gasteiger partial charge in [-0.15, -0.1) is 6.58 Å². The van der Waals surface area contributed by atoms with Gasteiger partial charge in [0.2, 0.25) is 5.79 Å². The van der Waals surface area contributed by atoms with Gasteiger partial charge in [0.05, 0.1) is 19.8 Å². The average molecular weight is 653 g/mol. The maximum Gasteiger partial charge on any atom is 0.225 e. The number of fused-ring (bicyclic) bond motifs is 2. The Morgan fingerprint density at radius 3 is 2.15 bits per heavy atom. The number of aliphatic hydroxyl groups is 1. The van der Waals surface area contributed by atoms with Gasteiger partial charge in [-0.25, -0.2) is 0 Å². The van der Waals surface area contributed by atoms with Crippen LogP contribution in [-0.4, -0.2) is 75.3 Å². The highest BCUT2D eigenvalue weighted by molar-refractivity contribution is 5.39. The SMILES string of the molecule is C=CCOCCCCc1ccc(Cc2cc([C@]34OC[C@](CO)(O3)[C@@H](OCCCC)[C@H](OCCCC)[C@H]4OCCCC)ccc2C)cc1. The fourth-order valence-electron chi connectivity index (χ4n) is 6.54. The molecule has 2 aliphatic rings. The molecular weight excluding hydrogens is 592 g/mol. The molecule has 2 aromatic rings. The first-order chi connectivity index (χ1) is 23.0. The van der Waals surface area contributed by atoms with Gasteiger partial charge in [0, 0.05) is 32.0 Å². The normalized spacial score (nSPS) is 25.3. The molecule has 0 spiro atoms. The second-order valence-electron chi connectivity index (χ2n) is 13.2. The zero-order chi connectivity index (χ0) is 33.5. The summed E-state index contributed by atoms with van der Waals surface area (Å²) in [6.45, 7) is 15.4. The van der Waals surface area contributed by atoms with Gasteiger partial charge in [-0.1, -0.05) is 82.5 Å². The molecule has 2 aromatic carbocycles. The number of aliphatic hydroxyl groups excluding tert-OH is 1. The maximum atomic E-state index is 10.9. The Labute approximate surface area is 283 Å². The smallest absolute Gasteiger partial charge is 0.225 e. The Morgan fingerprint density at radius 2 is 1.49 bits per heavy atom. The molecule has 5 atom stereocenters. The van der Waals surface area contributed by atoms with Crippen molar-refractivity contribution in [2.24, 2.45) is 0 Å². The third-order valence-electron chi connectivity index (χ3n) is 9.45. The van der Waals surface area contributed by atoms with Crippen LogP contribution in [0.2, 0.25) is 0 Å². The Hall–Kier alpha value is -2.10. The van der Waals surface area contributed by atoms with Gasteiger partial charge in [0.15, 0.2) is 0 Å². The molecule has 0 aliphatic carbocycles. The predicted molar refractivity (Wildman–Crippen MR) is 187 cm³/mol. The molecule has 47 heavy (non-hydrogen) atoms. The topological polar surface area (TPSA) is 75.6 Å². The van der Waals surface area contributed by atoms with E-state index in [1.807, 2.05) is 0 Å². The van der Waals surface area contributed by atoms with Crippen molar-refractivity contribution < 1.29 is 33.5 Å². The summed E-state index contributed by atoms with van der Waals surface area (Å²) in [6, 6.07) is 15.4. The van der Waals surface area contributed by atoms with E-state index in [0.717, 1.165) is 76.4 Å². The fraction of sp³-hybridized carbons (Fsp3) is 0.650. The van der Waals surface area contributed by atoms with Gasteiger partial charge in [-0.05, 0) is 80.2 Å². The summed E-state index contributed by atoms with van der Waals surface area (Å²) in [6.07, 6.45) is 10.0. The number of benzene rings is 2. The van der Waals surface area contributed by atoms with E-state index in [4.69, 9.17) is 28.4 Å². The van der Waals surface area contributed by atoms with Crippen molar-refractivity contribution >= 4 is 0 Å². The lowest BCUT2D eigenvalue weighted by Crippen LogP contribution is -2.67. The minimum atomic E-state index is -1.22. The van der Waals surface area contributed by atoms with E-state index in [2.05, 4.69) is 76.7 Å². The van der Waals surface area contributed by atoms with E-state index in [0.29, 0.717) is 26.4 Å². The number of hydrogen-bond donors (Lipinski definition) is 1. The second kappa shape index (κ2) is 19.2. The molecule has 2 fully saturated rings. The first-order valence-electron chi connectivity index (χ1n) is 18.1. The third-order valence-corrected chi connectivity index (χ3v) is 9.45. The monoisotopic (exact) mass is 652 g/mol. The van der Waals surface area contributed by atoms with Crippen molar-refractivity contribution in [2.75, 3.05) is 46.2 Å². The van der Waals surface area contributed by atoms with Crippen LogP contribution in [0.5, 0.6) is 0 Å².